The number of unbranched alkanes of at least 4 members (excludes halogenated alkanes) is 1. The second-order valence-electron chi connectivity index (χ2n) is 3.57. The van der Waals surface area contributed by atoms with Crippen LogP contribution < -0.4 is 0 Å². The van der Waals surface area contributed by atoms with E-state index in [4.69, 9.17) is 5.11 Å². The maximum atomic E-state index is 9.08. The molecule has 0 amide bonds. The molecule has 1 N–H and O–H groups in total. The maximum Gasteiger partial charge on any atom is 0.0521 e. The number of hydrogen-bond donors (Lipinski definition) is 1. The third-order valence-corrected chi connectivity index (χ3v) is 2.59. The first kappa shape index (κ1) is 8.79. The lowest BCUT2D eigenvalue weighted by Crippen LogP contribution is -2.30. The molecule has 0 unspecified atom stereocenters. The second-order valence-corrected chi connectivity index (χ2v) is 3.57. The molecule has 0 bridgehead atoms. The Kier molecular flexibility index (Phi) is 3.13. The fourth-order valence-electron chi connectivity index (χ4n) is 1.51. The van der Waals surface area contributed by atoms with Gasteiger partial charge in [0.25, 0.3) is 0 Å². The van der Waals surface area contributed by atoms with Crippen molar-refractivity contribution in [2.45, 2.75) is 39.0 Å². The molecule has 0 atom stereocenters. The van der Waals surface area contributed by atoms with Gasteiger partial charge in [0, 0.05) is 5.41 Å². The number of aliphatic hydroxyl groups excluding tert-OH is 1. The van der Waals surface area contributed by atoms with Crippen LogP contribution in [0, 0.1) is 5.41 Å². The van der Waals surface area contributed by atoms with E-state index in [9.17, 15) is 0 Å². The van der Waals surface area contributed by atoms with Gasteiger partial charge in [-0.3, -0.25) is 0 Å². The number of aliphatic hydroxyl groups is 1. The van der Waals surface area contributed by atoms with Crippen LogP contribution in [0.4, 0.5) is 0 Å². The summed E-state index contributed by atoms with van der Waals surface area (Å²) in [7, 11) is 0. The highest BCUT2D eigenvalue weighted by molar-refractivity contribution is 5.04. The van der Waals surface area contributed by atoms with Crippen molar-refractivity contribution >= 4 is 0 Å². The zero-order valence-electron chi connectivity index (χ0n) is 7.34. The minimum atomic E-state index is 0.190. The van der Waals surface area contributed by atoms with Crippen LogP contribution >= 0.6 is 0 Å². The molecule has 0 saturated heterocycles. The van der Waals surface area contributed by atoms with Gasteiger partial charge in [0.1, 0.15) is 0 Å². The largest absolute Gasteiger partial charge is 0.395 e. The first-order valence-corrected chi connectivity index (χ1v) is 4.61. The molecule has 0 spiro atoms. The molecule has 1 nitrogen and oxygen atoms in total. The van der Waals surface area contributed by atoms with Crippen LogP contribution in [0.5, 0.6) is 0 Å². The molecule has 1 fully saturated rings. The topological polar surface area (TPSA) is 20.2 Å². The molecule has 11 heavy (non-hydrogen) atoms. The summed E-state index contributed by atoms with van der Waals surface area (Å²) in [5, 5.41) is 9.08. The van der Waals surface area contributed by atoms with Gasteiger partial charge in [-0.1, -0.05) is 31.9 Å². The Morgan fingerprint density at radius 3 is 2.55 bits per heavy atom. The van der Waals surface area contributed by atoms with E-state index in [2.05, 4.69) is 19.1 Å². The zero-order valence-corrected chi connectivity index (χ0v) is 7.34. The molecule has 0 aromatic carbocycles. The molecular weight excluding hydrogens is 136 g/mol. The van der Waals surface area contributed by atoms with E-state index in [-0.39, 0.29) is 5.41 Å². The predicted molar refractivity (Wildman–Crippen MR) is 47.4 cm³/mol. The van der Waals surface area contributed by atoms with Crippen molar-refractivity contribution in [3.8, 4) is 0 Å². The average Bonchev–Trinajstić information content (AvgIpc) is 1.95. The highest BCUT2D eigenvalue weighted by Gasteiger charge is 2.33. The third-order valence-electron chi connectivity index (χ3n) is 2.59. The standard InChI is InChI=1S/C10H18O/c1-2-3-4-6-10(9-11)7-5-8-10/h4,6,11H,2-3,5,7-9H2,1H3/b6-4+. The minimum Gasteiger partial charge on any atom is -0.395 e. The van der Waals surface area contributed by atoms with Crippen LogP contribution in [-0.4, -0.2) is 11.7 Å². The lowest BCUT2D eigenvalue weighted by atomic mass is 9.69. The summed E-state index contributed by atoms with van der Waals surface area (Å²) in [5.74, 6) is 0. The third kappa shape index (κ3) is 2.06. The first-order valence-electron chi connectivity index (χ1n) is 4.61. The zero-order chi connectivity index (χ0) is 8.16. The van der Waals surface area contributed by atoms with Gasteiger partial charge in [-0.15, -0.1) is 0 Å². The lowest BCUT2D eigenvalue weighted by molar-refractivity contribution is 0.0920. The number of hydrogen-bond acceptors (Lipinski definition) is 1. The van der Waals surface area contributed by atoms with E-state index in [1.807, 2.05) is 0 Å². The summed E-state index contributed by atoms with van der Waals surface area (Å²) in [5.41, 5.74) is 0.190. The summed E-state index contributed by atoms with van der Waals surface area (Å²) in [6, 6.07) is 0. The molecule has 1 saturated carbocycles. The average molecular weight is 154 g/mol. The molecule has 0 radical (unpaired) electrons. The van der Waals surface area contributed by atoms with E-state index in [1.165, 1.54) is 25.7 Å². The van der Waals surface area contributed by atoms with Crippen molar-refractivity contribution in [1.29, 1.82) is 0 Å². The van der Waals surface area contributed by atoms with Gasteiger partial charge < -0.3 is 5.11 Å². The molecule has 1 rings (SSSR count). The maximum absolute atomic E-state index is 9.08. The molecule has 1 aliphatic rings. The Morgan fingerprint density at radius 1 is 1.45 bits per heavy atom. The summed E-state index contributed by atoms with van der Waals surface area (Å²) in [6.07, 6.45) is 10.5. The molecule has 1 heteroatoms. The van der Waals surface area contributed by atoms with E-state index in [0.29, 0.717) is 6.61 Å². The summed E-state index contributed by atoms with van der Waals surface area (Å²) in [6.45, 7) is 2.52. The molecule has 0 aromatic heterocycles. The Bertz CT molecular complexity index is 128. The van der Waals surface area contributed by atoms with Crippen LogP contribution in [0.3, 0.4) is 0 Å². The van der Waals surface area contributed by atoms with Gasteiger partial charge in [0.15, 0.2) is 0 Å². The van der Waals surface area contributed by atoms with Crippen LogP contribution in [0.15, 0.2) is 12.2 Å². The highest BCUT2D eigenvalue weighted by Crippen LogP contribution is 2.41. The monoisotopic (exact) mass is 154 g/mol. The minimum absolute atomic E-state index is 0.190. The van der Waals surface area contributed by atoms with E-state index in [0.717, 1.165) is 6.42 Å². The summed E-state index contributed by atoms with van der Waals surface area (Å²) >= 11 is 0. The quantitative estimate of drug-likeness (QED) is 0.617. The van der Waals surface area contributed by atoms with Crippen molar-refractivity contribution in [3.63, 3.8) is 0 Å². The van der Waals surface area contributed by atoms with Gasteiger partial charge in [-0.05, 0) is 19.3 Å². The smallest absolute Gasteiger partial charge is 0.0521 e. The normalized spacial score (nSPS) is 22.0. The SMILES string of the molecule is CCC/C=C/C1(CO)CCC1. The summed E-state index contributed by atoms with van der Waals surface area (Å²) in [4.78, 5) is 0. The van der Waals surface area contributed by atoms with Crippen molar-refractivity contribution in [3.05, 3.63) is 12.2 Å². The molecule has 0 aliphatic heterocycles. The van der Waals surface area contributed by atoms with Gasteiger partial charge in [-0.2, -0.15) is 0 Å². The molecule has 0 aromatic rings. The first-order chi connectivity index (χ1) is 5.33. The molecule has 0 heterocycles. The Hall–Kier alpha value is -0.300. The van der Waals surface area contributed by atoms with Gasteiger partial charge >= 0.3 is 0 Å². The van der Waals surface area contributed by atoms with Crippen LogP contribution in [0.1, 0.15) is 39.0 Å². The van der Waals surface area contributed by atoms with E-state index < -0.39 is 0 Å². The fourth-order valence-corrected chi connectivity index (χ4v) is 1.51. The van der Waals surface area contributed by atoms with Crippen molar-refractivity contribution < 1.29 is 5.11 Å². The molecule has 64 valence electrons. The highest BCUT2D eigenvalue weighted by atomic mass is 16.3. The van der Waals surface area contributed by atoms with Gasteiger partial charge in [-0.25, -0.2) is 0 Å². The van der Waals surface area contributed by atoms with Crippen molar-refractivity contribution in [2.24, 2.45) is 5.41 Å². The van der Waals surface area contributed by atoms with E-state index >= 15 is 0 Å². The second kappa shape index (κ2) is 3.91. The number of allylic oxidation sites excluding steroid dienone is 1. The van der Waals surface area contributed by atoms with Crippen LogP contribution in [0.25, 0.3) is 0 Å². The molecule has 1 aliphatic carbocycles. The van der Waals surface area contributed by atoms with Crippen LogP contribution in [0.2, 0.25) is 0 Å². The van der Waals surface area contributed by atoms with Crippen molar-refractivity contribution in [1.82, 2.24) is 0 Å². The van der Waals surface area contributed by atoms with Gasteiger partial charge in [0.05, 0.1) is 6.61 Å². The van der Waals surface area contributed by atoms with Crippen LogP contribution in [-0.2, 0) is 0 Å². The van der Waals surface area contributed by atoms with Gasteiger partial charge in [0.2, 0.25) is 0 Å². The van der Waals surface area contributed by atoms with Crippen molar-refractivity contribution in [2.75, 3.05) is 6.61 Å². The Balaban J connectivity index is 2.31. The number of rotatable bonds is 4. The summed E-state index contributed by atoms with van der Waals surface area (Å²) < 4.78 is 0. The fraction of sp³-hybridized carbons (Fsp3) is 0.800. The predicted octanol–water partition coefficient (Wildman–Crippen LogP) is 2.51. The Labute approximate surface area is 69.1 Å². The molecular formula is C10H18O. The van der Waals surface area contributed by atoms with E-state index in [1.54, 1.807) is 0 Å². The Morgan fingerprint density at radius 2 is 2.18 bits per heavy atom. The lowest BCUT2D eigenvalue weighted by Gasteiger charge is -2.37.